The third-order valence-corrected chi connectivity index (χ3v) is 5.57. The maximum atomic E-state index is 12.9. The Morgan fingerprint density at radius 3 is 2.58 bits per heavy atom. The maximum absolute atomic E-state index is 12.9. The number of aromatic nitrogens is 2. The Kier molecular flexibility index (Phi) is 4.97. The Labute approximate surface area is 181 Å². The molecule has 0 saturated carbocycles. The summed E-state index contributed by atoms with van der Waals surface area (Å²) in [6.45, 7) is 2.23. The average Bonchev–Trinajstić information content (AvgIpc) is 3.11. The van der Waals surface area contributed by atoms with Crippen molar-refractivity contribution in [2.75, 3.05) is 5.32 Å². The van der Waals surface area contributed by atoms with Crippen LogP contribution >= 0.6 is 0 Å². The van der Waals surface area contributed by atoms with Crippen molar-refractivity contribution in [3.05, 3.63) is 108 Å². The third kappa shape index (κ3) is 3.92. The van der Waals surface area contributed by atoms with Crippen LogP contribution in [0.2, 0.25) is 0 Å². The van der Waals surface area contributed by atoms with E-state index in [-0.39, 0.29) is 12.5 Å². The number of nitrogens with one attached hydrogen (secondary N) is 1. The highest BCUT2D eigenvalue weighted by Crippen LogP contribution is 2.24. The molecular formula is C27H23N3O. The quantitative estimate of drug-likeness (QED) is 0.406. The van der Waals surface area contributed by atoms with E-state index in [1.54, 1.807) is 0 Å². The highest BCUT2D eigenvalue weighted by atomic mass is 16.1. The Hall–Kier alpha value is -3.92. The van der Waals surface area contributed by atoms with Gasteiger partial charge >= 0.3 is 0 Å². The Balaban J connectivity index is 1.50. The molecule has 4 heteroatoms. The van der Waals surface area contributed by atoms with Crippen LogP contribution in [-0.4, -0.2) is 15.5 Å². The van der Waals surface area contributed by atoms with Gasteiger partial charge in [0.15, 0.2) is 0 Å². The van der Waals surface area contributed by atoms with Gasteiger partial charge in [0.05, 0.1) is 11.0 Å². The summed E-state index contributed by atoms with van der Waals surface area (Å²) in [6.07, 6.45) is 0.660. The van der Waals surface area contributed by atoms with Gasteiger partial charge in [-0.1, -0.05) is 66.7 Å². The number of amides is 1. The van der Waals surface area contributed by atoms with E-state index in [1.807, 2.05) is 60.0 Å². The molecule has 1 amide bonds. The second-order valence-corrected chi connectivity index (χ2v) is 7.84. The van der Waals surface area contributed by atoms with Gasteiger partial charge in [0.2, 0.25) is 5.91 Å². The van der Waals surface area contributed by atoms with Crippen molar-refractivity contribution in [3.63, 3.8) is 0 Å². The predicted molar refractivity (Wildman–Crippen MR) is 126 cm³/mol. The molecule has 5 aromatic rings. The lowest BCUT2D eigenvalue weighted by Gasteiger charge is -2.12. The summed E-state index contributed by atoms with van der Waals surface area (Å²) in [4.78, 5) is 17.8. The molecule has 5 rings (SSSR count). The zero-order valence-corrected chi connectivity index (χ0v) is 17.4. The normalized spacial score (nSPS) is 11.1. The first-order valence-electron chi connectivity index (χ1n) is 10.4. The first-order chi connectivity index (χ1) is 15.2. The summed E-state index contributed by atoms with van der Waals surface area (Å²) in [7, 11) is 0. The molecule has 4 aromatic carbocycles. The molecule has 0 aliphatic carbocycles. The smallest absolute Gasteiger partial charge is 0.244 e. The number of benzene rings is 4. The fourth-order valence-electron chi connectivity index (χ4n) is 4.12. The number of fused-ring (bicyclic) bond motifs is 2. The van der Waals surface area contributed by atoms with Crippen LogP contribution in [-0.2, 0) is 17.8 Å². The lowest BCUT2D eigenvalue weighted by Crippen LogP contribution is -2.20. The lowest BCUT2D eigenvalue weighted by molar-refractivity contribution is -0.116. The van der Waals surface area contributed by atoms with E-state index in [9.17, 15) is 4.79 Å². The molecule has 0 atom stereocenters. The molecule has 0 fully saturated rings. The molecular weight excluding hydrogens is 382 g/mol. The summed E-state index contributed by atoms with van der Waals surface area (Å²) >= 11 is 0. The van der Waals surface area contributed by atoms with Crippen LogP contribution in [0.3, 0.4) is 0 Å². The number of rotatable bonds is 5. The molecule has 1 aromatic heterocycles. The van der Waals surface area contributed by atoms with Gasteiger partial charge in [-0.05, 0) is 53.1 Å². The van der Waals surface area contributed by atoms with Crippen LogP contribution in [0.25, 0.3) is 21.8 Å². The first kappa shape index (κ1) is 19.1. The van der Waals surface area contributed by atoms with E-state index in [2.05, 4.69) is 47.8 Å². The number of anilines is 1. The minimum Gasteiger partial charge on any atom is -0.325 e. The number of para-hydroxylation sites is 2. The molecule has 0 spiro atoms. The molecule has 0 aliphatic heterocycles. The first-order valence-corrected chi connectivity index (χ1v) is 10.4. The van der Waals surface area contributed by atoms with Gasteiger partial charge in [-0.2, -0.15) is 0 Å². The van der Waals surface area contributed by atoms with Crippen LogP contribution in [0.5, 0.6) is 0 Å². The number of carbonyl (C=O) groups is 1. The fraction of sp³-hybridized carbons (Fsp3) is 0.111. The summed E-state index contributed by atoms with van der Waals surface area (Å²) in [5.74, 6) is 0.824. The molecule has 0 unspecified atom stereocenters. The summed E-state index contributed by atoms with van der Waals surface area (Å²) < 4.78 is 2.03. The molecule has 0 radical (unpaired) electrons. The van der Waals surface area contributed by atoms with Gasteiger partial charge in [0.25, 0.3) is 0 Å². The number of carbonyl (C=O) groups excluding carboxylic acids is 1. The van der Waals surface area contributed by atoms with E-state index in [0.29, 0.717) is 6.42 Å². The predicted octanol–water partition coefficient (Wildman–Crippen LogP) is 5.73. The average molecular weight is 406 g/mol. The number of hydrogen-bond acceptors (Lipinski definition) is 2. The van der Waals surface area contributed by atoms with Crippen molar-refractivity contribution >= 4 is 33.4 Å². The number of nitrogens with zero attached hydrogens (tertiary/aromatic N) is 2. The summed E-state index contributed by atoms with van der Waals surface area (Å²) in [5.41, 5.74) is 5.00. The summed E-state index contributed by atoms with van der Waals surface area (Å²) in [6, 6.07) is 30.5. The molecule has 0 saturated heterocycles. The van der Waals surface area contributed by atoms with Crippen LogP contribution < -0.4 is 5.32 Å². The standard InChI is InChI=1S/C27H23N3O/c1-19-8-6-12-22(16-19)28-27(31)18-30-25-15-5-4-14-24(25)29-26(30)17-21-11-7-10-20-9-2-3-13-23(20)21/h2-16H,17-18H2,1H3,(H,28,31). The SMILES string of the molecule is Cc1cccc(NC(=O)Cn2c(Cc3cccc4ccccc34)nc3ccccc32)c1. The Bertz CT molecular complexity index is 1400. The highest BCUT2D eigenvalue weighted by molar-refractivity contribution is 5.92. The van der Waals surface area contributed by atoms with E-state index < -0.39 is 0 Å². The van der Waals surface area contributed by atoms with E-state index >= 15 is 0 Å². The minimum absolute atomic E-state index is 0.0621. The van der Waals surface area contributed by atoms with Gasteiger partial charge in [0, 0.05) is 12.1 Å². The highest BCUT2D eigenvalue weighted by Gasteiger charge is 2.15. The van der Waals surface area contributed by atoms with Crippen molar-refractivity contribution in [3.8, 4) is 0 Å². The van der Waals surface area contributed by atoms with Crippen molar-refractivity contribution < 1.29 is 4.79 Å². The molecule has 152 valence electrons. The van der Waals surface area contributed by atoms with Crippen LogP contribution in [0.15, 0.2) is 91.0 Å². The molecule has 1 N–H and O–H groups in total. The van der Waals surface area contributed by atoms with E-state index in [1.165, 1.54) is 16.3 Å². The van der Waals surface area contributed by atoms with Crippen molar-refractivity contribution in [2.24, 2.45) is 0 Å². The van der Waals surface area contributed by atoms with E-state index in [4.69, 9.17) is 4.98 Å². The molecule has 4 nitrogen and oxygen atoms in total. The largest absolute Gasteiger partial charge is 0.325 e. The molecule has 0 aliphatic rings. The monoisotopic (exact) mass is 405 g/mol. The fourth-order valence-corrected chi connectivity index (χ4v) is 4.12. The Morgan fingerprint density at radius 2 is 1.68 bits per heavy atom. The maximum Gasteiger partial charge on any atom is 0.244 e. The second-order valence-electron chi connectivity index (χ2n) is 7.84. The van der Waals surface area contributed by atoms with Crippen molar-refractivity contribution in [1.29, 1.82) is 0 Å². The minimum atomic E-state index is -0.0621. The zero-order valence-electron chi connectivity index (χ0n) is 17.4. The van der Waals surface area contributed by atoms with Gasteiger partial charge in [-0.3, -0.25) is 4.79 Å². The van der Waals surface area contributed by atoms with Crippen LogP contribution in [0, 0.1) is 6.92 Å². The number of hydrogen-bond donors (Lipinski definition) is 1. The molecule has 0 bridgehead atoms. The second kappa shape index (κ2) is 8.07. The van der Waals surface area contributed by atoms with Gasteiger partial charge in [0.1, 0.15) is 12.4 Å². The summed E-state index contributed by atoms with van der Waals surface area (Å²) in [5, 5.41) is 5.44. The third-order valence-electron chi connectivity index (χ3n) is 5.57. The van der Waals surface area contributed by atoms with Gasteiger partial charge in [-0.25, -0.2) is 4.98 Å². The van der Waals surface area contributed by atoms with E-state index in [0.717, 1.165) is 28.1 Å². The van der Waals surface area contributed by atoms with Gasteiger partial charge < -0.3 is 9.88 Å². The van der Waals surface area contributed by atoms with Crippen molar-refractivity contribution in [1.82, 2.24) is 9.55 Å². The molecule has 31 heavy (non-hydrogen) atoms. The lowest BCUT2D eigenvalue weighted by atomic mass is 10.0. The number of aryl methyl sites for hydroxylation is 1. The van der Waals surface area contributed by atoms with Crippen LogP contribution in [0.4, 0.5) is 5.69 Å². The topological polar surface area (TPSA) is 46.9 Å². The van der Waals surface area contributed by atoms with Gasteiger partial charge in [-0.15, -0.1) is 0 Å². The van der Waals surface area contributed by atoms with Crippen molar-refractivity contribution in [2.45, 2.75) is 19.9 Å². The van der Waals surface area contributed by atoms with Crippen LogP contribution in [0.1, 0.15) is 17.0 Å². The number of imidazole rings is 1. The zero-order chi connectivity index (χ0) is 21.2. The molecule has 1 heterocycles. The Morgan fingerprint density at radius 1 is 0.903 bits per heavy atom.